The molecule has 0 spiro atoms. The maximum Gasteiger partial charge on any atom is -0.0414 e. The molecule has 0 saturated carbocycles. The summed E-state index contributed by atoms with van der Waals surface area (Å²) >= 11 is 0. The van der Waals surface area contributed by atoms with Crippen molar-refractivity contribution in [3.05, 3.63) is 6.92 Å². The van der Waals surface area contributed by atoms with E-state index in [1.54, 1.807) is 0 Å². The van der Waals surface area contributed by atoms with E-state index in [9.17, 15) is 0 Å². The monoisotopic (exact) mass is 295 g/mol. The van der Waals surface area contributed by atoms with E-state index in [0.29, 0.717) is 0 Å². The zero-order valence-corrected chi connectivity index (χ0v) is 15.3. The van der Waals surface area contributed by atoms with Crippen LogP contribution in [0.4, 0.5) is 0 Å². The molecule has 0 heterocycles. The zero-order chi connectivity index (χ0) is 15.6. The van der Waals surface area contributed by atoms with Crippen molar-refractivity contribution < 1.29 is 0 Å². The molecule has 0 heteroatoms. The minimum atomic E-state index is 0.723. The Morgan fingerprint density at radius 1 is 0.476 bits per heavy atom. The van der Waals surface area contributed by atoms with E-state index in [4.69, 9.17) is 0 Å². The summed E-state index contributed by atoms with van der Waals surface area (Å²) in [5.74, 6) is 0.723. The average Bonchev–Trinajstić information content (AvgIpc) is 2.49. The summed E-state index contributed by atoms with van der Waals surface area (Å²) in [7, 11) is 0. The van der Waals surface area contributed by atoms with Crippen LogP contribution in [0.15, 0.2) is 0 Å². The van der Waals surface area contributed by atoms with Crippen LogP contribution in [-0.2, 0) is 0 Å². The summed E-state index contributed by atoms with van der Waals surface area (Å²) < 4.78 is 0. The largest absolute Gasteiger partial charge is 0.0654 e. The first-order chi connectivity index (χ1) is 10.3. The molecule has 0 fully saturated rings. The Hall–Kier alpha value is 0. The van der Waals surface area contributed by atoms with Crippen LogP contribution >= 0.6 is 0 Å². The molecule has 1 unspecified atom stereocenters. The average molecular weight is 296 g/mol. The minimum Gasteiger partial charge on any atom is -0.0654 e. The molecule has 1 atom stereocenters. The third-order valence-corrected chi connectivity index (χ3v) is 4.68. The maximum atomic E-state index is 4.32. The Morgan fingerprint density at radius 2 is 0.762 bits per heavy atom. The molecule has 0 aliphatic heterocycles. The third-order valence-electron chi connectivity index (χ3n) is 4.68. The predicted molar refractivity (Wildman–Crippen MR) is 98.7 cm³/mol. The molecule has 0 bridgehead atoms. The molecule has 0 nitrogen and oxygen atoms in total. The highest BCUT2D eigenvalue weighted by Gasteiger charge is 2.01. The lowest BCUT2D eigenvalue weighted by Crippen LogP contribution is -1.95. The highest BCUT2D eigenvalue weighted by atomic mass is 14.1. The predicted octanol–water partition coefficient (Wildman–Crippen LogP) is 8.11. The van der Waals surface area contributed by atoms with E-state index in [2.05, 4.69) is 20.8 Å². The molecular weight excluding hydrogens is 252 g/mol. The molecular formula is C21H43. The SMILES string of the molecule is [CH2]C(CCCCCC)CCCCCCCCCCCCC. The summed E-state index contributed by atoms with van der Waals surface area (Å²) in [5.41, 5.74) is 0. The highest BCUT2D eigenvalue weighted by molar-refractivity contribution is 4.62. The molecule has 0 aromatic rings. The normalized spacial score (nSPS) is 12.7. The molecule has 0 aromatic heterocycles. The van der Waals surface area contributed by atoms with E-state index in [0.717, 1.165) is 5.92 Å². The molecule has 0 N–H and O–H groups in total. The molecule has 0 saturated heterocycles. The van der Waals surface area contributed by atoms with Gasteiger partial charge in [-0.1, -0.05) is 130 Å². The first-order valence-corrected chi connectivity index (χ1v) is 10.1. The van der Waals surface area contributed by atoms with Gasteiger partial charge in [-0.15, -0.1) is 0 Å². The lowest BCUT2D eigenvalue weighted by atomic mass is 9.96. The second kappa shape index (κ2) is 18.1. The van der Waals surface area contributed by atoms with Gasteiger partial charge >= 0.3 is 0 Å². The Labute approximate surface area is 136 Å². The van der Waals surface area contributed by atoms with E-state index in [1.165, 1.54) is 109 Å². The lowest BCUT2D eigenvalue weighted by molar-refractivity contribution is 0.464. The Bertz CT molecular complexity index is 173. The molecule has 21 heavy (non-hydrogen) atoms. The van der Waals surface area contributed by atoms with Crippen molar-refractivity contribution in [2.45, 2.75) is 123 Å². The van der Waals surface area contributed by atoms with Crippen LogP contribution in [0.25, 0.3) is 0 Å². The van der Waals surface area contributed by atoms with Crippen molar-refractivity contribution in [3.8, 4) is 0 Å². The lowest BCUT2D eigenvalue weighted by Gasteiger charge is -2.10. The fourth-order valence-corrected chi connectivity index (χ4v) is 3.10. The van der Waals surface area contributed by atoms with Gasteiger partial charge in [-0.05, 0) is 5.92 Å². The van der Waals surface area contributed by atoms with Gasteiger partial charge in [0.15, 0.2) is 0 Å². The summed E-state index contributed by atoms with van der Waals surface area (Å²) in [6.45, 7) is 8.90. The molecule has 0 amide bonds. The number of hydrogen-bond donors (Lipinski definition) is 0. The smallest absolute Gasteiger partial charge is 0.0414 e. The van der Waals surface area contributed by atoms with Gasteiger partial charge in [-0.3, -0.25) is 0 Å². The van der Waals surface area contributed by atoms with Gasteiger partial charge in [0, 0.05) is 0 Å². The molecule has 0 rings (SSSR count). The van der Waals surface area contributed by atoms with Crippen molar-refractivity contribution in [3.63, 3.8) is 0 Å². The van der Waals surface area contributed by atoms with Gasteiger partial charge in [0.1, 0.15) is 0 Å². The first kappa shape index (κ1) is 21.0. The summed E-state index contributed by atoms with van der Waals surface area (Å²) in [4.78, 5) is 0. The minimum absolute atomic E-state index is 0.723. The fraction of sp³-hybridized carbons (Fsp3) is 0.952. The van der Waals surface area contributed by atoms with Crippen LogP contribution in [-0.4, -0.2) is 0 Å². The molecule has 127 valence electrons. The Balaban J connectivity index is 3.07. The standard InChI is InChI=1S/C21H43/c1-4-6-8-10-11-12-13-14-15-16-18-20-21(3)19-17-9-7-5-2/h21H,3-20H2,1-2H3. The van der Waals surface area contributed by atoms with Crippen LogP contribution in [0, 0.1) is 12.8 Å². The molecule has 0 aromatic carbocycles. The van der Waals surface area contributed by atoms with Crippen molar-refractivity contribution in [2.75, 3.05) is 0 Å². The summed E-state index contributed by atoms with van der Waals surface area (Å²) in [5, 5.41) is 0. The molecule has 1 radical (unpaired) electrons. The van der Waals surface area contributed by atoms with Gasteiger partial charge in [0.2, 0.25) is 0 Å². The van der Waals surface area contributed by atoms with Crippen molar-refractivity contribution in [1.82, 2.24) is 0 Å². The first-order valence-electron chi connectivity index (χ1n) is 10.1. The van der Waals surface area contributed by atoms with E-state index in [1.807, 2.05) is 0 Å². The van der Waals surface area contributed by atoms with Crippen molar-refractivity contribution in [2.24, 2.45) is 5.92 Å². The van der Waals surface area contributed by atoms with Gasteiger partial charge in [0.25, 0.3) is 0 Å². The van der Waals surface area contributed by atoms with Gasteiger partial charge in [-0.2, -0.15) is 0 Å². The van der Waals surface area contributed by atoms with Crippen LogP contribution in [0.2, 0.25) is 0 Å². The quantitative estimate of drug-likeness (QED) is 0.238. The number of rotatable bonds is 17. The molecule has 0 aliphatic carbocycles. The topological polar surface area (TPSA) is 0 Å². The van der Waals surface area contributed by atoms with Gasteiger partial charge < -0.3 is 0 Å². The van der Waals surface area contributed by atoms with E-state index in [-0.39, 0.29) is 0 Å². The maximum absolute atomic E-state index is 4.32. The second-order valence-corrected chi connectivity index (χ2v) is 7.04. The molecule has 0 aliphatic rings. The number of unbranched alkanes of at least 4 members (excludes halogenated alkanes) is 13. The second-order valence-electron chi connectivity index (χ2n) is 7.04. The third kappa shape index (κ3) is 18.0. The Morgan fingerprint density at radius 3 is 1.14 bits per heavy atom. The van der Waals surface area contributed by atoms with Gasteiger partial charge in [-0.25, -0.2) is 0 Å². The van der Waals surface area contributed by atoms with E-state index < -0.39 is 0 Å². The summed E-state index contributed by atoms with van der Waals surface area (Å²) in [6, 6.07) is 0. The van der Waals surface area contributed by atoms with Crippen LogP contribution in [0.1, 0.15) is 123 Å². The van der Waals surface area contributed by atoms with Crippen LogP contribution < -0.4 is 0 Å². The van der Waals surface area contributed by atoms with Crippen LogP contribution in [0.3, 0.4) is 0 Å². The highest BCUT2D eigenvalue weighted by Crippen LogP contribution is 2.18. The van der Waals surface area contributed by atoms with Crippen LogP contribution in [0.5, 0.6) is 0 Å². The van der Waals surface area contributed by atoms with Crippen molar-refractivity contribution in [1.29, 1.82) is 0 Å². The van der Waals surface area contributed by atoms with Crippen molar-refractivity contribution >= 4 is 0 Å². The van der Waals surface area contributed by atoms with Gasteiger partial charge in [0.05, 0.1) is 0 Å². The fourth-order valence-electron chi connectivity index (χ4n) is 3.10. The Kier molecular flexibility index (Phi) is 18.1. The summed E-state index contributed by atoms with van der Waals surface area (Å²) in [6.07, 6.45) is 24.2. The zero-order valence-electron chi connectivity index (χ0n) is 15.3. The van der Waals surface area contributed by atoms with E-state index >= 15 is 0 Å². The number of hydrogen-bond acceptors (Lipinski definition) is 0.